The maximum Gasteiger partial charge on any atom is 0.351 e. The van der Waals surface area contributed by atoms with Gasteiger partial charge in [0.25, 0.3) is 0 Å². The van der Waals surface area contributed by atoms with Gasteiger partial charge >= 0.3 is 5.69 Å². The van der Waals surface area contributed by atoms with Gasteiger partial charge in [0.05, 0.1) is 10.6 Å². The molecule has 1 amide bonds. The number of carbonyl (C=O) groups is 1. The molecule has 0 saturated carbocycles. The van der Waals surface area contributed by atoms with Crippen molar-refractivity contribution in [3.63, 3.8) is 0 Å². The molecule has 3 heterocycles. The van der Waals surface area contributed by atoms with E-state index in [-0.39, 0.29) is 23.7 Å². The fourth-order valence-corrected chi connectivity index (χ4v) is 3.09. The lowest BCUT2D eigenvalue weighted by Gasteiger charge is -2.20. The molecular weight excluding hydrogens is 338 g/mol. The van der Waals surface area contributed by atoms with Crippen molar-refractivity contribution in [2.24, 2.45) is 0 Å². The molecule has 3 rings (SSSR count). The van der Waals surface area contributed by atoms with E-state index in [9.17, 15) is 9.59 Å². The number of carbonyl (C=O) groups excluding carboxylic acids is 1. The third-order valence-corrected chi connectivity index (χ3v) is 4.18. The summed E-state index contributed by atoms with van der Waals surface area (Å²) < 4.78 is 2.69. The minimum atomic E-state index is -0.370. The third kappa shape index (κ3) is 3.85. The van der Waals surface area contributed by atoms with Crippen molar-refractivity contribution in [3.8, 4) is 16.4 Å². The summed E-state index contributed by atoms with van der Waals surface area (Å²) in [5.41, 5.74) is -0.0742. The molecule has 0 spiro atoms. The smallest absolute Gasteiger partial charge is 0.350 e. The van der Waals surface area contributed by atoms with Crippen LogP contribution in [0.15, 0.2) is 46.8 Å². The Kier molecular flexibility index (Phi) is 4.54. The van der Waals surface area contributed by atoms with E-state index < -0.39 is 0 Å². The van der Waals surface area contributed by atoms with Crippen molar-refractivity contribution in [2.75, 3.05) is 0 Å². The molecule has 0 saturated heterocycles. The number of hydrogen-bond acceptors (Lipinski definition) is 5. The van der Waals surface area contributed by atoms with Crippen LogP contribution in [0.2, 0.25) is 0 Å². The van der Waals surface area contributed by atoms with Gasteiger partial charge in [-0.05, 0) is 44.4 Å². The molecule has 0 fully saturated rings. The second kappa shape index (κ2) is 6.64. The molecule has 0 unspecified atom stereocenters. The van der Waals surface area contributed by atoms with E-state index in [0.29, 0.717) is 11.5 Å². The van der Waals surface area contributed by atoms with E-state index in [0.717, 1.165) is 4.88 Å². The largest absolute Gasteiger partial charge is 0.351 e. The maximum absolute atomic E-state index is 12.9. The van der Waals surface area contributed by atoms with Gasteiger partial charge in [-0.1, -0.05) is 6.07 Å². The average molecular weight is 357 g/mol. The molecule has 0 bridgehead atoms. The monoisotopic (exact) mass is 357 g/mol. The lowest BCUT2D eigenvalue weighted by Crippen LogP contribution is -2.43. The fraction of sp³-hybridized carbons (Fsp3) is 0.294. The van der Waals surface area contributed by atoms with Crippen LogP contribution in [0.4, 0.5) is 0 Å². The van der Waals surface area contributed by atoms with Crippen LogP contribution in [-0.2, 0) is 11.3 Å². The van der Waals surface area contributed by atoms with E-state index in [4.69, 9.17) is 0 Å². The molecule has 0 atom stereocenters. The quantitative estimate of drug-likeness (QED) is 0.775. The Bertz CT molecular complexity index is 920. The highest BCUT2D eigenvalue weighted by atomic mass is 32.1. The molecule has 1 N–H and O–H groups in total. The first-order chi connectivity index (χ1) is 11.8. The molecule has 0 aliphatic carbocycles. The summed E-state index contributed by atoms with van der Waals surface area (Å²) in [5, 5.41) is 9.16. The minimum Gasteiger partial charge on any atom is -0.350 e. The van der Waals surface area contributed by atoms with Gasteiger partial charge in [-0.15, -0.1) is 16.4 Å². The van der Waals surface area contributed by atoms with E-state index >= 15 is 0 Å². The highest BCUT2D eigenvalue weighted by Crippen LogP contribution is 2.23. The maximum atomic E-state index is 12.9. The number of nitrogens with one attached hydrogen (secondary N) is 1. The SMILES string of the molecule is CC(C)(C)NC(=O)Cn1nc(-c2cccs2)n(-c2ccncc2)c1=O. The summed E-state index contributed by atoms with van der Waals surface area (Å²) in [6.45, 7) is 5.54. The summed E-state index contributed by atoms with van der Waals surface area (Å²) in [6, 6.07) is 7.26. The number of pyridine rings is 1. The summed E-state index contributed by atoms with van der Waals surface area (Å²) in [5.74, 6) is 0.251. The highest BCUT2D eigenvalue weighted by Gasteiger charge is 2.20. The van der Waals surface area contributed by atoms with E-state index in [1.807, 2.05) is 38.3 Å². The first-order valence-electron chi connectivity index (χ1n) is 7.80. The Morgan fingerprint density at radius 1 is 1.24 bits per heavy atom. The zero-order valence-electron chi connectivity index (χ0n) is 14.3. The summed E-state index contributed by atoms with van der Waals surface area (Å²) in [6.07, 6.45) is 3.23. The Morgan fingerprint density at radius 2 is 1.96 bits per heavy atom. The molecule has 8 heteroatoms. The van der Waals surface area contributed by atoms with Gasteiger partial charge < -0.3 is 5.32 Å². The van der Waals surface area contributed by atoms with Gasteiger partial charge in [0, 0.05) is 17.9 Å². The van der Waals surface area contributed by atoms with Crippen molar-refractivity contribution in [3.05, 3.63) is 52.5 Å². The van der Waals surface area contributed by atoms with Gasteiger partial charge in [0.2, 0.25) is 5.91 Å². The number of rotatable bonds is 4. The van der Waals surface area contributed by atoms with Crippen molar-refractivity contribution < 1.29 is 4.79 Å². The average Bonchev–Trinajstić information content (AvgIpc) is 3.15. The number of nitrogens with zero attached hydrogens (tertiary/aromatic N) is 4. The lowest BCUT2D eigenvalue weighted by atomic mass is 10.1. The predicted molar refractivity (Wildman–Crippen MR) is 96.8 cm³/mol. The fourth-order valence-electron chi connectivity index (χ4n) is 2.40. The molecule has 0 radical (unpaired) electrons. The molecule has 130 valence electrons. The van der Waals surface area contributed by atoms with Crippen LogP contribution in [0.1, 0.15) is 20.8 Å². The second-order valence-electron chi connectivity index (χ2n) is 6.58. The minimum absolute atomic E-state index is 0.132. The topological polar surface area (TPSA) is 81.8 Å². The normalized spacial score (nSPS) is 11.5. The Hall–Kier alpha value is -2.74. The molecule has 3 aromatic rings. The van der Waals surface area contributed by atoms with Crippen LogP contribution in [0.25, 0.3) is 16.4 Å². The van der Waals surface area contributed by atoms with E-state index in [1.54, 1.807) is 24.5 Å². The Morgan fingerprint density at radius 3 is 2.56 bits per heavy atom. The third-order valence-electron chi connectivity index (χ3n) is 3.31. The summed E-state index contributed by atoms with van der Waals surface area (Å²) in [4.78, 5) is 29.9. The van der Waals surface area contributed by atoms with Crippen LogP contribution < -0.4 is 11.0 Å². The van der Waals surface area contributed by atoms with Crippen molar-refractivity contribution in [2.45, 2.75) is 32.9 Å². The summed E-state index contributed by atoms with van der Waals surface area (Å²) in [7, 11) is 0. The highest BCUT2D eigenvalue weighted by molar-refractivity contribution is 7.13. The lowest BCUT2D eigenvalue weighted by molar-refractivity contribution is -0.123. The van der Waals surface area contributed by atoms with Crippen molar-refractivity contribution in [1.29, 1.82) is 0 Å². The molecule has 0 aromatic carbocycles. The molecule has 25 heavy (non-hydrogen) atoms. The van der Waals surface area contributed by atoms with Gasteiger partial charge in [0.1, 0.15) is 6.54 Å². The predicted octanol–water partition coefficient (Wildman–Crippen LogP) is 2.07. The molecular formula is C17H19N5O2S. The first-order valence-corrected chi connectivity index (χ1v) is 8.68. The van der Waals surface area contributed by atoms with Crippen LogP contribution in [0.5, 0.6) is 0 Å². The Balaban J connectivity index is 2.04. The second-order valence-corrected chi connectivity index (χ2v) is 7.53. The van der Waals surface area contributed by atoms with Gasteiger partial charge in [-0.3, -0.25) is 9.78 Å². The van der Waals surface area contributed by atoms with Gasteiger partial charge in [-0.25, -0.2) is 14.0 Å². The van der Waals surface area contributed by atoms with Crippen molar-refractivity contribution in [1.82, 2.24) is 24.6 Å². The van der Waals surface area contributed by atoms with Crippen LogP contribution in [0, 0.1) is 0 Å². The van der Waals surface area contributed by atoms with Gasteiger partial charge in [-0.2, -0.15) is 0 Å². The Labute approximate surface area is 149 Å². The molecule has 0 aliphatic heterocycles. The number of thiophene rings is 1. The standard InChI is InChI=1S/C17H19N5O2S/c1-17(2,3)19-14(23)11-21-16(24)22(12-6-8-18-9-7-12)15(20-21)13-5-4-10-25-13/h4-10H,11H2,1-3H3,(H,19,23). The van der Waals surface area contributed by atoms with Crippen molar-refractivity contribution >= 4 is 17.2 Å². The summed E-state index contributed by atoms with van der Waals surface area (Å²) >= 11 is 1.48. The van der Waals surface area contributed by atoms with Gasteiger partial charge in [0.15, 0.2) is 5.82 Å². The zero-order chi connectivity index (χ0) is 18.0. The molecule has 7 nitrogen and oxygen atoms in total. The van der Waals surface area contributed by atoms with E-state index in [2.05, 4.69) is 15.4 Å². The van der Waals surface area contributed by atoms with Crippen LogP contribution >= 0.6 is 11.3 Å². The zero-order valence-corrected chi connectivity index (χ0v) is 15.1. The molecule has 3 aromatic heterocycles. The van der Waals surface area contributed by atoms with E-state index in [1.165, 1.54) is 20.6 Å². The number of hydrogen-bond donors (Lipinski definition) is 1. The number of amides is 1. The first kappa shape index (κ1) is 17.1. The van der Waals surface area contributed by atoms with Crippen LogP contribution in [0.3, 0.4) is 0 Å². The molecule has 0 aliphatic rings. The number of aromatic nitrogens is 4. The van der Waals surface area contributed by atoms with Crippen LogP contribution in [-0.4, -0.2) is 30.8 Å².